The Bertz CT molecular complexity index is 850. The van der Waals surface area contributed by atoms with Gasteiger partial charge in [0.15, 0.2) is 11.5 Å². The number of anilines is 1. The number of rotatable bonds is 5. The Hall–Kier alpha value is -2.58. The summed E-state index contributed by atoms with van der Waals surface area (Å²) in [5.41, 5.74) is -0.684. The molecule has 1 aromatic carbocycles. The van der Waals surface area contributed by atoms with E-state index in [9.17, 15) is 14.7 Å². The van der Waals surface area contributed by atoms with Crippen LogP contribution in [-0.2, 0) is 15.2 Å². The molecule has 1 atom stereocenters. The number of nitrogens with one attached hydrogen (secondary N) is 2. The fourth-order valence-electron chi connectivity index (χ4n) is 3.12. The first-order chi connectivity index (χ1) is 13.1. The maximum atomic E-state index is 12.2. The molecular weight excluding hydrogens is 368 g/mol. The van der Waals surface area contributed by atoms with Crippen LogP contribution >= 0.6 is 11.3 Å². The number of hydrogen-bond acceptors (Lipinski definition) is 6. The van der Waals surface area contributed by atoms with Crippen LogP contribution in [0, 0.1) is 5.92 Å². The molecule has 1 aliphatic heterocycles. The summed E-state index contributed by atoms with van der Waals surface area (Å²) in [7, 11) is 0. The second kappa shape index (κ2) is 7.21. The van der Waals surface area contributed by atoms with Crippen LogP contribution in [0.1, 0.15) is 17.7 Å². The van der Waals surface area contributed by atoms with E-state index < -0.39 is 17.4 Å². The van der Waals surface area contributed by atoms with Crippen LogP contribution in [0.3, 0.4) is 0 Å². The van der Waals surface area contributed by atoms with Crippen molar-refractivity contribution in [1.29, 1.82) is 0 Å². The van der Waals surface area contributed by atoms with Gasteiger partial charge in [0.1, 0.15) is 18.8 Å². The largest absolute Gasteiger partial charge is 0.486 e. The molecule has 7 nitrogen and oxygen atoms in total. The van der Waals surface area contributed by atoms with E-state index in [2.05, 4.69) is 10.6 Å². The summed E-state index contributed by atoms with van der Waals surface area (Å²) >= 11 is 1.45. The molecule has 0 radical (unpaired) electrons. The third-order valence-corrected chi connectivity index (χ3v) is 5.76. The maximum Gasteiger partial charge on any atom is 0.313 e. The number of hydrogen-bond donors (Lipinski definition) is 3. The highest BCUT2D eigenvalue weighted by Gasteiger charge is 2.46. The lowest BCUT2D eigenvalue weighted by Crippen LogP contribution is -2.45. The van der Waals surface area contributed by atoms with Crippen molar-refractivity contribution in [3.8, 4) is 11.5 Å². The quantitative estimate of drug-likeness (QED) is 0.680. The highest BCUT2D eigenvalue weighted by molar-refractivity contribution is 7.10. The molecule has 2 amide bonds. The molecule has 1 aliphatic carbocycles. The summed E-state index contributed by atoms with van der Waals surface area (Å²) in [4.78, 5) is 25.2. The summed E-state index contributed by atoms with van der Waals surface area (Å²) in [6, 6.07) is 8.66. The van der Waals surface area contributed by atoms with Gasteiger partial charge in [-0.1, -0.05) is 6.07 Å². The van der Waals surface area contributed by atoms with E-state index in [1.165, 1.54) is 11.3 Å². The molecule has 2 aromatic rings. The first kappa shape index (κ1) is 17.8. The lowest BCUT2D eigenvalue weighted by atomic mass is 9.95. The number of thiophene rings is 1. The Kier molecular flexibility index (Phi) is 4.75. The third-order valence-electron chi connectivity index (χ3n) is 4.73. The van der Waals surface area contributed by atoms with E-state index in [0.29, 0.717) is 30.4 Å². The SMILES string of the molecule is O=C(NC[C@@](O)(c1cccs1)C1CC1)C(=O)Nc1ccc2c(c1)OCCO2. The van der Waals surface area contributed by atoms with Crippen molar-refractivity contribution in [3.05, 3.63) is 40.6 Å². The molecule has 0 bridgehead atoms. The minimum atomic E-state index is -1.12. The Morgan fingerprint density at radius 1 is 1.15 bits per heavy atom. The van der Waals surface area contributed by atoms with E-state index >= 15 is 0 Å². The van der Waals surface area contributed by atoms with Crippen LogP contribution in [0.25, 0.3) is 0 Å². The summed E-state index contributed by atoms with van der Waals surface area (Å²) in [5.74, 6) is -0.344. The number of carbonyl (C=O) groups excluding carboxylic acids is 2. The minimum absolute atomic E-state index is 0.00553. The molecule has 27 heavy (non-hydrogen) atoms. The van der Waals surface area contributed by atoms with E-state index in [1.807, 2.05) is 17.5 Å². The zero-order valence-corrected chi connectivity index (χ0v) is 15.4. The highest BCUT2D eigenvalue weighted by Crippen LogP contribution is 2.46. The summed E-state index contributed by atoms with van der Waals surface area (Å²) in [6.07, 6.45) is 1.82. The average Bonchev–Trinajstić information content (AvgIpc) is 3.40. The number of fused-ring (bicyclic) bond motifs is 1. The molecule has 1 fully saturated rings. The van der Waals surface area contributed by atoms with E-state index in [1.54, 1.807) is 18.2 Å². The van der Waals surface area contributed by atoms with Crippen LogP contribution in [0.2, 0.25) is 0 Å². The van der Waals surface area contributed by atoms with Gasteiger partial charge in [-0.05, 0) is 42.3 Å². The fraction of sp³-hybridized carbons (Fsp3) is 0.368. The van der Waals surface area contributed by atoms with Crippen LogP contribution < -0.4 is 20.1 Å². The minimum Gasteiger partial charge on any atom is -0.486 e. The van der Waals surface area contributed by atoms with Gasteiger partial charge in [0.25, 0.3) is 0 Å². The second-order valence-corrected chi connectivity index (χ2v) is 7.62. The van der Waals surface area contributed by atoms with Crippen molar-refractivity contribution >= 4 is 28.8 Å². The highest BCUT2D eigenvalue weighted by atomic mass is 32.1. The van der Waals surface area contributed by atoms with Gasteiger partial charge in [-0.2, -0.15) is 0 Å². The van der Waals surface area contributed by atoms with Crippen molar-refractivity contribution in [1.82, 2.24) is 5.32 Å². The molecule has 0 unspecified atom stereocenters. The molecule has 1 aromatic heterocycles. The molecule has 0 saturated heterocycles. The molecule has 1 saturated carbocycles. The molecule has 2 heterocycles. The normalized spacial score (nSPS) is 17.7. The lowest BCUT2D eigenvalue weighted by molar-refractivity contribution is -0.137. The predicted molar refractivity (Wildman–Crippen MR) is 100 cm³/mol. The standard InChI is InChI=1S/C19H20N2O5S/c22-17(20-11-19(24,12-3-4-12)16-2-1-9-27-16)18(23)21-13-5-6-14-15(10-13)26-8-7-25-14/h1-2,5-6,9-10,12,24H,3-4,7-8,11H2,(H,20,22)(H,21,23)/t19-/m0/s1. The summed E-state index contributed by atoms with van der Waals surface area (Å²) < 4.78 is 10.9. The van der Waals surface area contributed by atoms with Crippen LogP contribution in [0.15, 0.2) is 35.7 Å². The molecule has 8 heteroatoms. The Balaban J connectivity index is 1.37. The smallest absolute Gasteiger partial charge is 0.313 e. The van der Waals surface area contributed by atoms with Crippen LogP contribution in [0.5, 0.6) is 11.5 Å². The summed E-state index contributed by atoms with van der Waals surface area (Å²) in [6.45, 7) is 0.925. The van der Waals surface area contributed by atoms with Gasteiger partial charge in [-0.25, -0.2) is 0 Å². The van der Waals surface area contributed by atoms with Gasteiger partial charge in [-0.3, -0.25) is 9.59 Å². The molecule has 3 N–H and O–H groups in total. The lowest BCUT2D eigenvalue weighted by Gasteiger charge is -2.27. The van der Waals surface area contributed by atoms with Crippen molar-refractivity contribution in [2.45, 2.75) is 18.4 Å². The van der Waals surface area contributed by atoms with Gasteiger partial charge in [0, 0.05) is 16.6 Å². The Morgan fingerprint density at radius 2 is 1.93 bits per heavy atom. The van der Waals surface area contributed by atoms with Crippen molar-refractivity contribution in [3.63, 3.8) is 0 Å². The first-order valence-electron chi connectivity index (χ1n) is 8.81. The molecular formula is C19H20N2O5S. The van der Waals surface area contributed by atoms with Gasteiger partial charge >= 0.3 is 11.8 Å². The molecule has 2 aliphatic rings. The number of amides is 2. The van der Waals surface area contributed by atoms with Gasteiger partial charge in [-0.15, -0.1) is 11.3 Å². The third kappa shape index (κ3) is 3.77. The van der Waals surface area contributed by atoms with Crippen LogP contribution in [-0.4, -0.2) is 36.7 Å². The zero-order chi connectivity index (χ0) is 18.9. The monoisotopic (exact) mass is 388 g/mol. The van der Waals surface area contributed by atoms with Crippen LogP contribution in [0.4, 0.5) is 5.69 Å². The Labute approximate surface area is 160 Å². The van der Waals surface area contributed by atoms with Crippen molar-refractivity contribution in [2.24, 2.45) is 5.92 Å². The number of benzene rings is 1. The number of aliphatic hydroxyl groups is 1. The average molecular weight is 388 g/mol. The maximum absolute atomic E-state index is 12.2. The number of ether oxygens (including phenoxy) is 2. The molecule has 4 rings (SSSR count). The van der Waals surface area contributed by atoms with Gasteiger partial charge in [0.05, 0.1) is 6.54 Å². The van der Waals surface area contributed by atoms with E-state index in [-0.39, 0.29) is 12.5 Å². The first-order valence-corrected chi connectivity index (χ1v) is 9.69. The van der Waals surface area contributed by atoms with E-state index in [4.69, 9.17) is 9.47 Å². The zero-order valence-electron chi connectivity index (χ0n) is 14.6. The number of carbonyl (C=O) groups is 2. The van der Waals surface area contributed by atoms with Crippen molar-refractivity contribution < 1.29 is 24.2 Å². The topological polar surface area (TPSA) is 96.9 Å². The molecule has 0 spiro atoms. The van der Waals surface area contributed by atoms with Crippen molar-refractivity contribution in [2.75, 3.05) is 25.1 Å². The fourth-order valence-corrected chi connectivity index (χ4v) is 4.03. The second-order valence-electron chi connectivity index (χ2n) is 6.67. The summed E-state index contributed by atoms with van der Waals surface area (Å²) in [5, 5.41) is 18.0. The predicted octanol–water partition coefficient (Wildman–Crippen LogP) is 1.87. The Morgan fingerprint density at radius 3 is 2.63 bits per heavy atom. The van der Waals surface area contributed by atoms with Gasteiger partial charge < -0.3 is 25.2 Å². The van der Waals surface area contributed by atoms with E-state index in [0.717, 1.165) is 17.7 Å². The van der Waals surface area contributed by atoms with Gasteiger partial charge in [0.2, 0.25) is 0 Å². The molecule has 142 valence electrons.